The molecule has 0 saturated carbocycles. The van der Waals surface area contributed by atoms with E-state index >= 15 is 0 Å². The zero-order valence-corrected chi connectivity index (χ0v) is 10.7. The maximum Gasteiger partial charge on any atom is 0.274 e. The third-order valence-electron chi connectivity index (χ3n) is 3.03. The van der Waals surface area contributed by atoms with Crippen molar-refractivity contribution in [2.24, 2.45) is 0 Å². The Balaban J connectivity index is 2.18. The molecule has 2 aromatic carbocycles. The Hall–Kier alpha value is -2.86. The maximum absolute atomic E-state index is 13.9. The van der Waals surface area contributed by atoms with Gasteiger partial charge < -0.3 is 0 Å². The fraction of sp³-hybridized carbons (Fsp3) is 0. The lowest BCUT2D eigenvalue weighted by molar-refractivity contribution is 0.0706. The quantitative estimate of drug-likeness (QED) is 0.560. The van der Waals surface area contributed by atoms with Gasteiger partial charge in [-0.2, -0.15) is 0 Å². The molecule has 0 fully saturated rings. The first-order chi connectivity index (χ1) is 10.2. The van der Waals surface area contributed by atoms with Gasteiger partial charge in [-0.05, 0) is 12.1 Å². The molecule has 0 aliphatic heterocycles. The lowest BCUT2D eigenvalue weighted by Crippen LogP contribution is -2.18. The van der Waals surface area contributed by atoms with Crippen LogP contribution in [0.2, 0.25) is 0 Å². The summed E-state index contributed by atoms with van der Waals surface area (Å²) in [6.07, 6.45) is 1.48. The molecule has 1 heterocycles. The van der Waals surface area contributed by atoms with E-state index in [4.69, 9.17) is 5.21 Å². The van der Waals surface area contributed by atoms with Gasteiger partial charge in [-0.25, -0.2) is 19.8 Å². The predicted molar refractivity (Wildman–Crippen MR) is 74.2 cm³/mol. The second kappa shape index (κ2) is 5.26. The summed E-state index contributed by atoms with van der Waals surface area (Å²) in [7, 11) is 0. The summed E-state index contributed by atoms with van der Waals surface area (Å²) in [6.45, 7) is 0. The average Bonchev–Trinajstić information content (AvgIpc) is 2.54. The Bertz CT molecular complexity index is 822. The van der Waals surface area contributed by atoms with Crippen LogP contribution in [0.25, 0.3) is 22.3 Å². The summed E-state index contributed by atoms with van der Waals surface area (Å²) in [5, 5.41) is 8.63. The standard InChI is InChI=1S/C15H10FN3O2/c16-11-6-10(15(20)19-21)7-12-14(11)17-8-13(18-12)9-4-2-1-3-5-9/h1-8,21H,(H,19,20). The highest BCUT2D eigenvalue weighted by Crippen LogP contribution is 2.21. The monoisotopic (exact) mass is 283 g/mol. The Kier molecular flexibility index (Phi) is 3.29. The van der Waals surface area contributed by atoms with Gasteiger partial charge in [0.15, 0.2) is 5.82 Å². The molecule has 0 atom stereocenters. The summed E-state index contributed by atoms with van der Waals surface area (Å²) in [4.78, 5) is 19.8. The zero-order chi connectivity index (χ0) is 14.8. The van der Waals surface area contributed by atoms with E-state index in [9.17, 15) is 9.18 Å². The number of benzene rings is 2. The van der Waals surface area contributed by atoms with Crippen molar-refractivity contribution >= 4 is 16.9 Å². The highest BCUT2D eigenvalue weighted by molar-refractivity contribution is 5.96. The summed E-state index contributed by atoms with van der Waals surface area (Å²) in [5.41, 5.74) is 3.17. The molecule has 0 saturated heterocycles. The van der Waals surface area contributed by atoms with Crippen molar-refractivity contribution in [1.29, 1.82) is 0 Å². The number of amides is 1. The predicted octanol–water partition coefficient (Wildman–Crippen LogP) is 2.55. The molecule has 3 rings (SSSR count). The minimum absolute atomic E-state index is 0.0259. The molecule has 3 aromatic rings. The molecule has 0 spiro atoms. The first-order valence-electron chi connectivity index (χ1n) is 6.15. The van der Waals surface area contributed by atoms with Crippen LogP contribution < -0.4 is 5.48 Å². The molecule has 6 heteroatoms. The fourth-order valence-electron chi connectivity index (χ4n) is 2.03. The van der Waals surface area contributed by atoms with Crippen molar-refractivity contribution < 1.29 is 14.4 Å². The van der Waals surface area contributed by atoms with E-state index in [0.29, 0.717) is 5.69 Å². The van der Waals surface area contributed by atoms with Gasteiger partial charge in [0.1, 0.15) is 5.52 Å². The minimum atomic E-state index is -0.803. The molecule has 0 unspecified atom stereocenters. The molecule has 1 amide bonds. The summed E-state index contributed by atoms with van der Waals surface area (Å²) >= 11 is 0. The SMILES string of the molecule is O=C(NO)c1cc(F)c2ncc(-c3ccccc3)nc2c1. The van der Waals surface area contributed by atoms with Crippen molar-refractivity contribution in [1.82, 2.24) is 15.4 Å². The molecule has 0 bridgehead atoms. The van der Waals surface area contributed by atoms with Crippen LogP contribution in [0.1, 0.15) is 10.4 Å². The first kappa shape index (κ1) is 13.1. The van der Waals surface area contributed by atoms with E-state index < -0.39 is 11.7 Å². The summed E-state index contributed by atoms with van der Waals surface area (Å²) < 4.78 is 13.9. The number of aromatic nitrogens is 2. The van der Waals surface area contributed by atoms with Crippen LogP contribution in [0, 0.1) is 5.82 Å². The molecule has 5 nitrogen and oxygen atoms in total. The number of nitrogens with one attached hydrogen (secondary N) is 1. The normalized spacial score (nSPS) is 10.6. The van der Waals surface area contributed by atoms with Crippen LogP contribution in [0.4, 0.5) is 4.39 Å². The summed E-state index contributed by atoms with van der Waals surface area (Å²) in [5.74, 6) is -1.47. The van der Waals surface area contributed by atoms with Gasteiger partial charge in [0, 0.05) is 11.1 Å². The van der Waals surface area contributed by atoms with E-state index in [1.54, 1.807) is 0 Å². The van der Waals surface area contributed by atoms with Crippen LogP contribution in [0.15, 0.2) is 48.7 Å². The molecule has 1 aromatic heterocycles. The molecule has 21 heavy (non-hydrogen) atoms. The fourth-order valence-corrected chi connectivity index (χ4v) is 2.03. The smallest absolute Gasteiger partial charge is 0.274 e. The number of carbonyl (C=O) groups excluding carboxylic acids is 1. The van der Waals surface area contributed by atoms with E-state index in [0.717, 1.165) is 11.6 Å². The molecular weight excluding hydrogens is 273 g/mol. The number of fused-ring (bicyclic) bond motifs is 1. The Morgan fingerprint density at radius 3 is 2.67 bits per heavy atom. The van der Waals surface area contributed by atoms with E-state index in [1.165, 1.54) is 17.7 Å². The number of nitrogens with zero attached hydrogens (tertiary/aromatic N) is 2. The largest absolute Gasteiger partial charge is 0.288 e. The minimum Gasteiger partial charge on any atom is -0.288 e. The lowest BCUT2D eigenvalue weighted by atomic mass is 10.1. The van der Waals surface area contributed by atoms with Crippen LogP contribution in [0.5, 0.6) is 0 Å². The number of rotatable bonds is 2. The van der Waals surface area contributed by atoms with Crippen molar-refractivity contribution in [3.8, 4) is 11.3 Å². The van der Waals surface area contributed by atoms with Gasteiger partial charge in [-0.1, -0.05) is 30.3 Å². The van der Waals surface area contributed by atoms with E-state index in [-0.39, 0.29) is 16.6 Å². The molecule has 104 valence electrons. The highest BCUT2D eigenvalue weighted by atomic mass is 19.1. The number of hydroxylamine groups is 1. The maximum atomic E-state index is 13.9. The summed E-state index contributed by atoms with van der Waals surface area (Å²) in [6, 6.07) is 11.7. The van der Waals surface area contributed by atoms with Crippen LogP contribution in [-0.4, -0.2) is 21.1 Å². The number of carbonyl (C=O) groups is 1. The topological polar surface area (TPSA) is 75.1 Å². The van der Waals surface area contributed by atoms with Crippen LogP contribution >= 0.6 is 0 Å². The Morgan fingerprint density at radius 2 is 1.95 bits per heavy atom. The first-order valence-corrected chi connectivity index (χ1v) is 6.15. The van der Waals surface area contributed by atoms with Gasteiger partial charge in [0.05, 0.1) is 17.4 Å². The van der Waals surface area contributed by atoms with Gasteiger partial charge in [0.25, 0.3) is 5.91 Å². The van der Waals surface area contributed by atoms with Crippen LogP contribution in [0.3, 0.4) is 0 Å². The zero-order valence-electron chi connectivity index (χ0n) is 10.7. The van der Waals surface area contributed by atoms with Crippen molar-refractivity contribution in [2.45, 2.75) is 0 Å². The molecule has 0 aliphatic rings. The second-order valence-electron chi connectivity index (χ2n) is 4.39. The van der Waals surface area contributed by atoms with E-state index in [1.807, 2.05) is 30.3 Å². The van der Waals surface area contributed by atoms with Gasteiger partial charge in [-0.15, -0.1) is 0 Å². The second-order valence-corrected chi connectivity index (χ2v) is 4.39. The van der Waals surface area contributed by atoms with Crippen molar-refractivity contribution in [3.63, 3.8) is 0 Å². The third kappa shape index (κ3) is 2.44. The lowest BCUT2D eigenvalue weighted by Gasteiger charge is -2.05. The number of hydrogen-bond donors (Lipinski definition) is 2. The van der Waals surface area contributed by atoms with Crippen LogP contribution in [-0.2, 0) is 0 Å². The average molecular weight is 283 g/mol. The Labute approximate surface area is 119 Å². The van der Waals surface area contributed by atoms with Gasteiger partial charge in [0.2, 0.25) is 0 Å². The molecule has 0 radical (unpaired) electrons. The van der Waals surface area contributed by atoms with Crippen molar-refractivity contribution in [3.05, 3.63) is 60.0 Å². The van der Waals surface area contributed by atoms with Crippen molar-refractivity contribution in [2.75, 3.05) is 0 Å². The highest BCUT2D eigenvalue weighted by Gasteiger charge is 2.12. The Morgan fingerprint density at radius 1 is 1.19 bits per heavy atom. The van der Waals surface area contributed by atoms with Gasteiger partial charge in [-0.3, -0.25) is 10.0 Å². The third-order valence-corrected chi connectivity index (χ3v) is 3.03. The molecule has 2 N–H and O–H groups in total. The molecular formula is C15H10FN3O2. The van der Waals surface area contributed by atoms with Gasteiger partial charge >= 0.3 is 0 Å². The van der Waals surface area contributed by atoms with E-state index in [2.05, 4.69) is 9.97 Å². The molecule has 0 aliphatic carbocycles. The number of hydrogen-bond acceptors (Lipinski definition) is 4. The number of halogens is 1.